The van der Waals surface area contributed by atoms with Crippen molar-refractivity contribution in [2.45, 2.75) is 20.8 Å². The van der Waals surface area contributed by atoms with Gasteiger partial charge in [-0.05, 0) is 29.8 Å². The first-order chi connectivity index (χ1) is 10.7. The number of hydrogen-bond donors (Lipinski definition) is 0. The third kappa shape index (κ3) is 3.08. The predicted molar refractivity (Wildman–Crippen MR) is 90.2 cm³/mol. The third-order valence-electron chi connectivity index (χ3n) is 3.55. The molecule has 0 radical (unpaired) electrons. The molecule has 114 valence electrons. The van der Waals surface area contributed by atoms with E-state index in [-0.39, 0.29) is 14.8 Å². The minimum Gasteiger partial charge on any atom is -0.497 e. The molecule has 1 aliphatic heterocycles. The van der Waals surface area contributed by atoms with Gasteiger partial charge in [-0.2, -0.15) is 0 Å². The molecule has 22 heavy (non-hydrogen) atoms. The largest absolute Gasteiger partial charge is 0.497 e. The molecule has 0 N–H and O–H groups in total. The Morgan fingerprint density at radius 3 is 2.41 bits per heavy atom. The van der Waals surface area contributed by atoms with E-state index < -0.39 is 6.04 Å². The third-order valence-corrected chi connectivity index (χ3v) is 6.62. The van der Waals surface area contributed by atoms with E-state index >= 15 is 0 Å². The van der Waals surface area contributed by atoms with Crippen molar-refractivity contribution in [2.75, 3.05) is 7.11 Å². The minimum atomic E-state index is -0.566. The molecular formula is C16H15NO3S2. The highest BCUT2D eigenvalue weighted by atomic mass is 32.2. The fourth-order valence-electron chi connectivity index (χ4n) is 2.37. The van der Waals surface area contributed by atoms with Crippen LogP contribution in [0.25, 0.3) is 0 Å². The second kappa shape index (κ2) is 6.62. The average Bonchev–Trinajstić information content (AvgIpc) is 2.51. The molecule has 3 atom stereocenters. The molecule has 0 bridgehead atoms. The smallest absolute Gasteiger partial charge is 0.249 e. The molecule has 4 nitrogen and oxygen atoms in total. The summed E-state index contributed by atoms with van der Waals surface area (Å²) in [6, 6.07) is 16.8. The number of nitrogens with zero attached hydrogens (tertiary/aromatic N) is 1. The molecule has 2 aromatic rings. The highest BCUT2D eigenvalue weighted by Gasteiger charge is 2.52. The number of methoxy groups -OCH3 is 1. The van der Waals surface area contributed by atoms with Crippen LogP contribution in [0.15, 0.2) is 59.5 Å². The van der Waals surface area contributed by atoms with Crippen LogP contribution in [0.3, 0.4) is 0 Å². The molecule has 0 amide bonds. The Labute approximate surface area is 137 Å². The van der Waals surface area contributed by atoms with E-state index in [1.54, 1.807) is 30.6 Å². The summed E-state index contributed by atoms with van der Waals surface area (Å²) in [6.07, 6.45) is 0. The zero-order valence-electron chi connectivity index (χ0n) is 11.9. The van der Waals surface area contributed by atoms with Crippen LogP contribution in [-0.2, 0) is 0 Å². The molecule has 1 heterocycles. The van der Waals surface area contributed by atoms with Gasteiger partial charge in [-0.25, -0.2) is 0 Å². The first-order valence-corrected chi connectivity index (χ1v) is 8.66. The van der Waals surface area contributed by atoms with Crippen LogP contribution < -0.4 is 4.74 Å². The van der Waals surface area contributed by atoms with E-state index in [2.05, 4.69) is 0 Å². The monoisotopic (exact) mass is 333 g/mol. The molecule has 0 spiro atoms. The Morgan fingerprint density at radius 2 is 1.82 bits per heavy atom. The van der Waals surface area contributed by atoms with Crippen molar-refractivity contribution in [3.05, 3.63) is 70.3 Å². The van der Waals surface area contributed by atoms with Gasteiger partial charge in [0.25, 0.3) is 0 Å². The van der Waals surface area contributed by atoms with Crippen LogP contribution in [0, 0.1) is 10.1 Å². The van der Waals surface area contributed by atoms with Gasteiger partial charge in [0, 0.05) is 9.82 Å². The zero-order chi connectivity index (χ0) is 15.5. The number of nitro groups is 1. The Morgan fingerprint density at radius 1 is 1.14 bits per heavy atom. The predicted octanol–water partition coefficient (Wildman–Crippen LogP) is 4.25. The molecule has 1 aliphatic rings. The Balaban J connectivity index is 1.73. The second-order valence-electron chi connectivity index (χ2n) is 4.91. The summed E-state index contributed by atoms with van der Waals surface area (Å²) in [5.74, 6) is 0.765. The van der Waals surface area contributed by atoms with Gasteiger partial charge in [-0.15, -0.1) is 23.5 Å². The fourth-order valence-corrected chi connectivity index (χ4v) is 5.53. The van der Waals surface area contributed by atoms with Gasteiger partial charge < -0.3 is 4.74 Å². The summed E-state index contributed by atoms with van der Waals surface area (Å²) >= 11 is 3.22. The molecule has 6 heteroatoms. The van der Waals surface area contributed by atoms with Crippen LogP contribution in [-0.4, -0.2) is 22.7 Å². The quantitative estimate of drug-likeness (QED) is 0.605. The van der Waals surface area contributed by atoms with Crippen LogP contribution >= 0.6 is 23.5 Å². The Hall–Kier alpha value is -1.66. The van der Waals surface area contributed by atoms with E-state index in [0.717, 1.165) is 16.2 Å². The van der Waals surface area contributed by atoms with Gasteiger partial charge in [0.1, 0.15) is 15.6 Å². The molecule has 0 aliphatic carbocycles. The van der Waals surface area contributed by atoms with Crippen molar-refractivity contribution in [2.24, 2.45) is 0 Å². The number of rotatable bonds is 5. The lowest BCUT2D eigenvalue weighted by Gasteiger charge is -2.37. The van der Waals surface area contributed by atoms with Crippen molar-refractivity contribution in [3.63, 3.8) is 0 Å². The second-order valence-corrected chi connectivity index (χ2v) is 7.71. The lowest BCUT2D eigenvalue weighted by Crippen LogP contribution is -2.43. The molecule has 0 unspecified atom stereocenters. The van der Waals surface area contributed by atoms with E-state index in [1.807, 2.05) is 54.6 Å². The molecule has 1 saturated heterocycles. The molecule has 2 aromatic carbocycles. The Kier molecular flexibility index (Phi) is 4.59. The SMILES string of the molecule is COc1ccc([C@H]2S[C@@H](Sc3ccccc3)[C@@H]2[N+](=O)[O-])cc1. The van der Waals surface area contributed by atoms with Crippen molar-refractivity contribution >= 4 is 23.5 Å². The van der Waals surface area contributed by atoms with Gasteiger partial charge in [0.2, 0.25) is 6.04 Å². The van der Waals surface area contributed by atoms with Crippen LogP contribution in [0.4, 0.5) is 0 Å². The molecule has 1 fully saturated rings. The normalized spacial score (nSPS) is 23.6. The zero-order valence-corrected chi connectivity index (χ0v) is 13.5. The van der Waals surface area contributed by atoms with Crippen molar-refractivity contribution < 1.29 is 9.66 Å². The topological polar surface area (TPSA) is 52.4 Å². The molecule has 0 aromatic heterocycles. The fraction of sp³-hybridized carbons (Fsp3) is 0.250. The van der Waals surface area contributed by atoms with E-state index in [9.17, 15) is 10.1 Å². The lowest BCUT2D eigenvalue weighted by molar-refractivity contribution is -0.522. The molecular weight excluding hydrogens is 318 g/mol. The van der Waals surface area contributed by atoms with Crippen molar-refractivity contribution in [1.29, 1.82) is 0 Å². The maximum absolute atomic E-state index is 11.4. The van der Waals surface area contributed by atoms with Gasteiger partial charge in [-0.3, -0.25) is 10.1 Å². The van der Waals surface area contributed by atoms with Crippen LogP contribution in [0.2, 0.25) is 0 Å². The van der Waals surface area contributed by atoms with Crippen molar-refractivity contribution in [3.8, 4) is 5.75 Å². The van der Waals surface area contributed by atoms with Crippen LogP contribution in [0.1, 0.15) is 10.8 Å². The molecule has 0 saturated carbocycles. The summed E-state index contributed by atoms with van der Waals surface area (Å²) in [5.41, 5.74) is 0.984. The average molecular weight is 333 g/mol. The van der Waals surface area contributed by atoms with Crippen molar-refractivity contribution in [1.82, 2.24) is 0 Å². The number of benzene rings is 2. The summed E-state index contributed by atoms with van der Waals surface area (Å²) in [6.45, 7) is 0. The highest BCUT2D eigenvalue weighted by molar-refractivity contribution is 8.18. The first kappa shape index (κ1) is 15.2. The van der Waals surface area contributed by atoms with Crippen LogP contribution in [0.5, 0.6) is 5.75 Å². The number of ether oxygens (including phenoxy) is 1. The maximum atomic E-state index is 11.4. The number of hydrogen-bond acceptors (Lipinski definition) is 5. The standard InChI is InChI=1S/C16H15NO3S2/c1-20-12-9-7-11(8-10-12)15-14(17(18)19)16(22-15)21-13-5-3-2-4-6-13/h2-10,14-16H,1H3/t14-,15-,16-/m1/s1. The summed E-state index contributed by atoms with van der Waals surface area (Å²) in [4.78, 5) is 12.4. The summed E-state index contributed by atoms with van der Waals surface area (Å²) in [7, 11) is 1.61. The van der Waals surface area contributed by atoms with E-state index in [4.69, 9.17) is 4.74 Å². The van der Waals surface area contributed by atoms with E-state index in [0.29, 0.717) is 0 Å². The highest BCUT2D eigenvalue weighted by Crippen LogP contribution is 2.56. The minimum absolute atomic E-state index is 0.0514. The summed E-state index contributed by atoms with van der Waals surface area (Å²) in [5, 5.41) is 11.3. The van der Waals surface area contributed by atoms with Gasteiger partial charge in [0.15, 0.2) is 0 Å². The van der Waals surface area contributed by atoms with Gasteiger partial charge in [0.05, 0.1) is 7.11 Å². The number of thioether (sulfide) groups is 2. The Bertz CT molecular complexity index is 648. The van der Waals surface area contributed by atoms with E-state index in [1.165, 1.54) is 0 Å². The molecule has 3 rings (SSSR count). The van der Waals surface area contributed by atoms with Gasteiger partial charge >= 0.3 is 0 Å². The maximum Gasteiger partial charge on any atom is 0.249 e. The van der Waals surface area contributed by atoms with Gasteiger partial charge in [-0.1, -0.05) is 30.3 Å². The summed E-state index contributed by atoms with van der Waals surface area (Å²) < 4.78 is 5.08. The lowest BCUT2D eigenvalue weighted by atomic mass is 10.1. The first-order valence-electron chi connectivity index (χ1n) is 6.83.